The monoisotopic (exact) mass is 384 g/mol. The van der Waals surface area contributed by atoms with Crippen LogP contribution in [0.2, 0.25) is 5.04 Å². The molecular formula is C22H28O4Si. The number of ether oxygens (including phenoxy) is 1. The van der Waals surface area contributed by atoms with Crippen molar-refractivity contribution in [2.24, 2.45) is 0 Å². The molecule has 0 aliphatic carbocycles. The van der Waals surface area contributed by atoms with Gasteiger partial charge in [0.2, 0.25) is 0 Å². The van der Waals surface area contributed by atoms with Crippen molar-refractivity contribution in [3.05, 3.63) is 72.8 Å². The Morgan fingerprint density at radius 2 is 1.48 bits per heavy atom. The third-order valence-corrected chi connectivity index (χ3v) is 9.73. The van der Waals surface area contributed by atoms with E-state index >= 15 is 0 Å². The van der Waals surface area contributed by atoms with Crippen molar-refractivity contribution in [2.45, 2.75) is 31.9 Å². The number of aliphatic hydroxyl groups excluding tert-OH is 1. The average Bonchev–Trinajstić information content (AvgIpc) is 2.67. The minimum Gasteiger partial charge on any atom is -0.466 e. The summed E-state index contributed by atoms with van der Waals surface area (Å²) >= 11 is 0. The van der Waals surface area contributed by atoms with E-state index in [1.807, 2.05) is 36.4 Å². The Labute approximate surface area is 162 Å². The summed E-state index contributed by atoms with van der Waals surface area (Å²) in [4.78, 5) is 11.7. The molecule has 144 valence electrons. The zero-order valence-electron chi connectivity index (χ0n) is 16.4. The minimum absolute atomic E-state index is 0.00423. The molecule has 2 aromatic carbocycles. The van der Waals surface area contributed by atoms with Gasteiger partial charge < -0.3 is 14.3 Å². The topological polar surface area (TPSA) is 55.8 Å². The number of methoxy groups -OCH3 is 1. The van der Waals surface area contributed by atoms with Crippen molar-refractivity contribution in [1.82, 2.24) is 0 Å². The Morgan fingerprint density at radius 3 is 1.85 bits per heavy atom. The quantitative estimate of drug-likeness (QED) is 0.453. The molecule has 0 aliphatic heterocycles. The predicted octanol–water partition coefficient (Wildman–Crippen LogP) is 2.65. The Kier molecular flexibility index (Phi) is 6.76. The average molecular weight is 385 g/mol. The molecule has 0 saturated carbocycles. The van der Waals surface area contributed by atoms with Gasteiger partial charge in [-0.25, -0.2) is 4.79 Å². The van der Waals surface area contributed by atoms with Crippen LogP contribution in [0, 0.1) is 0 Å². The van der Waals surface area contributed by atoms with Gasteiger partial charge in [-0.2, -0.15) is 0 Å². The number of rotatable bonds is 7. The highest BCUT2D eigenvalue weighted by Gasteiger charge is 2.50. The fraction of sp³-hybridized carbons (Fsp3) is 0.318. The molecule has 1 atom stereocenters. The van der Waals surface area contributed by atoms with Crippen molar-refractivity contribution in [3.63, 3.8) is 0 Å². The third-order valence-electron chi connectivity index (χ3n) is 4.72. The van der Waals surface area contributed by atoms with E-state index in [-0.39, 0.29) is 17.2 Å². The molecular weight excluding hydrogens is 356 g/mol. The van der Waals surface area contributed by atoms with Crippen molar-refractivity contribution < 1.29 is 19.1 Å². The van der Waals surface area contributed by atoms with Crippen LogP contribution in [0.5, 0.6) is 0 Å². The van der Waals surface area contributed by atoms with Crippen LogP contribution in [0.15, 0.2) is 72.8 Å². The largest absolute Gasteiger partial charge is 0.466 e. The summed E-state index contributed by atoms with van der Waals surface area (Å²) in [6.45, 7) is 10.1. The number of benzene rings is 2. The first-order valence-electron chi connectivity index (χ1n) is 8.94. The van der Waals surface area contributed by atoms with Gasteiger partial charge in [0.1, 0.15) is 6.10 Å². The van der Waals surface area contributed by atoms with Gasteiger partial charge in [-0.1, -0.05) is 88.0 Å². The molecule has 0 aromatic heterocycles. The third kappa shape index (κ3) is 4.38. The lowest BCUT2D eigenvalue weighted by Gasteiger charge is -2.43. The first kappa shape index (κ1) is 21.1. The van der Waals surface area contributed by atoms with E-state index in [2.05, 4.69) is 56.4 Å². The highest BCUT2D eigenvalue weighted by atomic mass is 28.4. The van der Waals surface area contributed by atoms with E-state index in [0.29, 0.717) is 0 Å². The lowest BCUT2D eigenvalue weighted by molar-refractivity contribution is -0.137. The summed E-state index contributed by atoms with van der Waals surface area (Å²) < 4.78 is 11.2. The number of carbonyl (C=O) groups is 1. The van der Waals surface area contributed by atoms with Gasteiger partial charge in [-0.15, -0.1) is 0 Å². The van der Waals surface area contributed by atoms with Crippen molar-refractivity contribution in [2.75, 3.05) is 13.7 Å². The number of esters is 1. The van der Waals surface area contributed by atoms with Gasteiger partial charge in [0.15, 0.2) is 0 Å². The molecule has 0 heterocycles. The molecule has 0 fully saturated rings. The first-order chi connectivity index (χ1) is 12.7. The number of hydrogen-bond acceptors (Lipinski definition) is 4. The predicted molar refractivity (Wildman–Crippen MR) is 111 cm³/mol. The fourth-order valence-electron chi connectivity index (χ4n) is 3.33. The number of aliphatic hydroxyl groups is 1. The van der Waals surface area contributed by atoms with Crippen molar-refractivity contribution in [1.29, 1.82) is 0 Å². The van der Waals surface area contributed by atoms with Crippen molar-refractivity contribution in [3.8, 4) is 0 Å². The molecule has 0 amide bonds. The standard InChI is InChI=1S/C22H28O4Si/c1-17(21(24)25-5)20(23)16-26-27(22(2,3)4,18-12-8-6-9-13-18)19-14-10-7-11-15-19/h6-15,20,23H,1,16H2,2-5H3. The van der Waals surface area contributed by atoms with E-state index in [4.69, 9.17) is 4.43 Å². The van der Waals surface area contributed by atoms with Crippen LogP contribution < -0.4 is 10.4 Å². The summed E-state index contributed by atoms with van der Waals surface area (Å²) in [5.41, 5.74) is -0.00423. The summed E-state index contributed by atoms with van der Waals surface area (Å²) in [5.74, 6) is -0.631. The zero-order valence-corrected chi connectivity index (χ0v) is 17.4. The highest BCUT2D eigenvalue weighted by Crippen LogP contribution is 2.36. The van der Waals surface area contributed by atoms with E-state index in [9.17, 15) is 9.90 Å². The molecule has 0 radical (unpaired) electrons. The molecule has 0 bridgehead atoms. The smallest absolute Gasteiger partial charge is 0.335 e. The second-order valence-corrected chi connectivity index (χ2v) is 11.8. The SMILES string of the molecule is C=C(C(=O)OC)C(O)CO[Si](c1ccccc1)(c1ccccc1)C(C)(C)C. The van der Waals surface area contributed by atoms with Gasteiger partial charge in [0.05, 0.1) is 19.3 Å². The summed E-state index contributed by atoms with van der Waals surface area (Å²) in [6.07, 6.45) is -1.13. The molecule has 0 saturated heterocycles. The maximum absolute atomic E-state index is 11.7. The van der Waals surface area contributed by atoms with E-state index in [0.717, 1.165) is 10.4 Å². The minimum atomic E-state index is -2.76. The Morgan fingerprint density at radius 1 is 1.04 bits per heavy atom. The van der Waals surface area contributed by atoms with Gasteiger partial charge >= 0.3 is 5.97 Å². The molecule has 4 nitrogen and oxygen atoms in total. The zero-order chi connectivity index (χ0) is 20.1. The van der Waals surface area contributed by atoms with Crippen LogP contribution in [0.25, 0.3) is 0 Å². The van der Waals surface area contributed by atoms with Crippen LogP contribution in [0.1, 0.15) is 20.8 Å². The Bertz CT molecular complexity index is 726. The number of carbonyl (C=O) groups excluding carboxylic acids is 1. The first-order valence-corrected chi connectivity index (χ1v) is 10.8. The Balaban J connectivity index is 2.50. The second-order valence-electron chi connectivity index (χ2n) is 7.51. The normalized spacial score (nSPS) is 13.1. The lowest BCUT2D eigenvalue weighted by Crippen LogP contribution is -2.67. The van der Waals surface area contributed by atoms with E-state index in [1.54, 1.807) is 0 Å². The molecule has 1 unspecified atom stereocenters. The molecule has 5 heteroatoms. The molecule has 0 spiro atoms. The van der Waals surface area contributed by atoms with Crippen molar-refractivity contribution >= 4 is 24.7 Å². The van der Waals surface area contributed by atoms with Gasteiger partial charge in [-0.05, 0) is 15.4 Å². The molecule has 0 aliphatic rings. The summed E-state index contributed by atoms with van der Waals surface area (Å²) in [6, 6.07) is 20.3. The maximum atomic E-state index is 11.7. The molecule has 2 rings (SSSR count). The maximum Gasteiger partial charge on any atom is 0.335 e. The van der Waals surface area contributed by atoms with Crippen LogP contribution in [0.4, 0.5) is 0 Å². The van der Waals surface area contributed by atoms with E-state index in [1.165, 1.54) is 7.11 Å². The van der Waals surface area contributed by atoms with Crippen LogP contribution in [-0.4, -0.2) is 39.2 Å². The highest BCUT2D eigenvalue weighted by molar-refractivity contribution is 6.99. The van der Waals surface area contributed by atoms with Crippen LogP contribution in [0.3, 0.4) is 0 Å². The summed E-state index contributed by atoms with van der Waals surface area (Å²) in [5, 5.41) is 12.5. The van der Waals surface area contributed by atoms with Gasteiger partial charge in [-0.3, -0.25) is 0 Å². The second kappa shape index (κ2) is 8.65. The molecule has 27 heavy (non-hydrogen) atoms. The number of hydrogen-bond donors (Lipinski definition) is 1. The fourth-order valence-corrected chi connectivity index (χ4v) is 7.90. The van der Waals surface area contributed by atoms with Crippen LogP contribution >= 0.6 is 0 Å². The molecule has 2 aromatic rings. The van der Waals surface area contributed by atoms with Gasteiger partial charge in [0.25, 0.3) is 8.32 Å². The lowest BCUT2D eigenvalue weighted by atomic mass is 10.2. The molecule has 1 N–H and O–H groups in total. The van der Waals surface area contributed by atoms with Crippen LogP contribution in [-0.2, 0) is 14.0 Å². The Hall–Kier alpha value is -2.21. The van der Waals surface area contributed by atoms with E-state index < -0.39 is 20.4 Å². The van der Waals surface area contributed by atoms with Gasteiger partial charge in [0, 0.05) is 0 Å². The summed E-state index contributed by atoms with van der Waals surface area (Å²) in [7, 11) is -1.49.